The number of aliphatic imine (C=N–C) groups is 1. The summed E-state index contributed by atoms with van der Waals surface area (Å²) in [4.78, 5) is 4.15. The van der Waals surface area contributed by atoms with Crippen LogP contribution < -0.4 is 20.5 Å². The van der Waals surface area contributed by atoms with E-state index in [-0.39, 0.29) is 6.04 Å². The average molecular weight is 312 g/mol. The van der Waals surface area contributed by atoms with Gasteiger partial charge in [0.2, 0.25) is 0 Å². The number of benzene rings is 1. The van der Waals surface area contributed by atoms with Gasteiger partial charge in [-0.2, -0.15) is 0 Å². The maximum absolute atomic E-state index is 5.70. The third-order valence-electron chi connectivity index (χ3n) is 2.99. The highest BCUT2D eigenvalue weighted by molar-refractivity contribution is 9.10. The van der Waals surface area contributed by atoms with Crippen LogP contribution >= 0.6 is 15.9 Å². The fourth-order valence-corrected chi connectivity index (χ4v) is 2.67. The number of halogens is 1. The van der Waals surface area contributed by atoms with Gasteiger partial charge in [0.15, 0.2) is 17.5 Å². The molecule has 1 aromatic rings. The molecule has 6 heteroatoms. The van der Waals surface area contributed by atoms with Crippen LogP contribution in [0.4, 0.5) is 0 Å². The largest absolute Gasteiger partial charge is 0.490 e. The molecule has 18 heavy (non-hydrogen) atoms. The molecule has 2 aliphatic rings. The molecule has 2 aliphatic heterocycles. The summed E-state index contributed by atoms with van der Waals surface area (Å²) in [6.45, 7) is 2.01. The first-order chi connectivity index (χ1) is 8.74. The van der Waals surface area contributed by atoms with Crippen molar-refractivity contribution in [2.45, 2.75) is 12.5 Å². The predicted octanol–water partition coefficient (Wildman–Crippen LogP) is 1.57. The summed E-state index contributed by atoms with van der Waals surface area (Å²) >= 11 is 3.53. The fraction of sp³-hybridized carbons (Fsp3) is 0.417. The number of nitrogens with zero attached hydrogens (tertiary/aromatic N) is 1. The van der Waals surface area contributed by atoms with Crippen LogP contribution in [0.1, 0.15) is 18.0 Å². The van der Waals surface area contributed by atoms with Gasteiger partial charge in [-0.3, -0.25) is 4.99 Å². The minimum absolute atomic E-state index is 0.110. The lowest BCUT2D eigenvalue weighted by Crippen LogP contribution is -2.29. The van der Waals surface area contributed by atoms with Crippen molar-refractivity contribution in [3.8, 4) is 11.5 Å². The van der Waals surface area contributed by atoms with E-state index in [4.69, 9.17) is 15.2 Å². The number of nitrogens with two attached hydrogens (primary N) is 1. The Labute approximate surface area is 113 Å². The van der Waals surface area contributed by atoms with Crippen molar-refractivity contribution in [3.05, 3.63) is 22.2 Å². The standard InChI is InChI=1S/C12H14BrN3O2/c13-8-4-7(9-6-15-12(14)16-9)5-10-11(8)18-3-1-2-17-10/h4-5,9H,1-3,6H2,(H3,14,15,16). The number of hydrogen-bond donors (Lipinski definition) is 2. The lowest BCUT2D eigenvalue weighted by Gasteiger charge is -2.15. The molecule has 2 heterocycles. The van der Waals surface area contributed by atoms with Crippen molar-refractivity contribution in [2.24, 2.45) is 10.7 Å². The molecule has 0 radical (unpaired) electrons. The van der Waals surface area contributed by atoms with E-state index >= 15 is 0 Å². The normalized spacial score (nSPS) is 22.1. The maximum atomic E-state index is 5.70. The molecule has 1 unspecified atom stereocenters. The van der Waals surface area contributed by atoms with Crippen molar-refractivity contribution in [3.63, 3.8) is 0 Å². The fourth-order valence-electron chi connectivity index (χ4n) is 2.10. The molecule has 0 spiro atoms. The summed E-state index contributed by atoms with van der Waals surface area (Å²) in [6.07, 6.45) is 0.897. The van der Waals surface area contributed by atoms with E-state index in [2.05, 4.69) is 26.2 Å². The first kappa shape index (κ1) is 11.6. The van der Waals surface area contributed by atoms with Gasteiger partial charge in [0.05, 0.1) is 30.3 Å². The molecule has 0 aliphatic carbocycles. The molecule has 1 aromatic carbocycles. The Bertz CT molecular complexity index is 504. The summed E-state index contributed by atoms with van der Waals surface area (Å²) in [6, 6.07) is 4.13. The summed E-state index contributed by atoms with van der Waals surface area (Å²) in [5.41, 5.74) is 6.73. The molecular weight excluding hydrogens is 298 g/mol. The molecule has 0 amide bonds. The molecule has 3 N–H and O–H groups in total. The lowest BCUT2D eigenvalue weighted by molar-refractivity contribution is 0.296. The Hall–Kier alpha value is -1.43. The van der Waals surface area contributed by atoms with Crippen molar-refractivity contribution >= 4 is 21.9 Å². The predicted molar refractivity (Wildman–Crippen MR) is 72.1 cm³/mol. The zero-order valence-electron chi connectivity index (χ0n) is 9.78. The van der Waals surface area contributed by atoms with Crippen LogP contribution in [0.3, 0.4) is 0 Å². The molecular formula is C12H14BrN3O2. The molecule has 0 saturated carbocycles. The second-order valence-electron chi connectivity index (χ2n) is 4.30. The highest BCUT2D eigenvalue weighted by Crippen LogP contribution is 2.39. The number of ether oxygens (including phenoxy) is 2. The molecule has 96 valence electrons. The Morgan fingerprint density at radius 3 is 2.94 bits per heavy atom. The molecule has 1 atom stereocenters. The Balaban J connectivity index is 1.93. The average Bonchev–Trinajstić information content (AvgIpc) is 2.63. The number of nitrogens with one attached hydrogen (secondary N) is 1. The quantitative estimate of drug-likeness (QED) is 0.826. The van der Waals surface area contributed by atoms with E-state index in [1.165, 1.54) is 0 Å². The highest BCUT2D eigenvalue weighted by Gasteiger charge is 2.22. The third kappa shape index (κ3) is 2.12. The SMILES string of the molecule is NC1=NCC(c2cc(Br)c3c(c2)OCCCO3)N1. The monoisotopic (exact) mass is 311 g/mol. The van der Waals surface area contributed by atoms with Crippen molar-refractivity contribution in [1.82, 2.24) is 5.32 Å². The van der Waals surface area contributed by atoms with Crippen molar-refractivity contribution < 1.29 is 9.47 Å². The van der Waals surface area contributed by atoms with Crippen LogP contribution in [0.2, 0.25) is 0 Å². The van der Waals surface area contributed by atoms with Crippen molar-refractivity contribution in [2.75, 3.05) is 19.8 Å². The first-order valence-corrected chi connectivity index (χ1v) is 6.69. The van der Waals surface area contributed by atoms with Gasteiger partial charge < -0.3 is 20.5 Å². The zero-order valence-corrected chi connectivity index (χ0v) is 11.4. The van der Waals surface area contributed by atoms with E-state index in [0.29, 0.717) is 25.7 Å². The number of hydrogen-bond acceptors (Lipinski definition) is 5. The van der Waals surface area contributed by atoms with Crippen LogP contribution in [0.25, 0.3) is 0 Å². The van der Waals surface area contributed by atoms with Gasteiger partial charge in [-0.25, -0.2) is 0 Å². The Morgan fingerprint density at radius 1 is 1.33 bits per heavy atom. The van der Waals surface area contributed by atoms with Gasteiger partial charge >= 0.3 is 0 Å². The zero-order chi connectivity index (χ0) is 12.5. The molecule has 0 bridgehead atoms. The van der Waals surface area contributed by atoms with E-state index < -0.39 is 0 Å². The second-order valence-corrected chi connectivity index (χ2v) is 5.16. The van der Waals surface area contributed by atoms with Gasteiger partial charge in [-0.1, -0.05) is 0 Å². The minimum Gasteiger partial charge on any atom is -0.490 e. The van der Waals surface area contributed by atoms with E-state index in [1.807, 2.05) is 12.1 Å². The minimum atomic E-state index is 0.110. The number of fused-ring (bicyclic) bond motifs is 1. The van der Waals surface area contributed by atoms with Gasteiger partial charge in [0.1, 0.15) is 0 Å². The Kier molecular flexibility index (Phi) is 3.03. The van der Waals surface area contributed by atoms with Gasteiger partial charge in [0, 0.05) is 6.42 Å². The van der Waals surface area contributed by atoms with Gasteiger partial charge in [-0.15, -0.1) is 0 Å². The smallest absolute Gasteiger partial charge is 0.189 e. The molecule has 0 saturated heterocycles. The van der Waals surface area contributed by atoms with Crippen LogP contribution in [0.15, 0.2) is 21.6 Å². The summed E-state index contributed by atoms with van der Waals surface area (Å²) < 4.78 is 12.3. The van der Waals surface area contributed by atoms with Crippen LogP contribution in [0.5, 0.6) is 11.5 Å². The summed E-state index contributed by atoms with van der Waals surface area (Å²) in [7, 11) is 0. The number of rotatable bonds is 1. The van der Waals surface area contributed by atoms with Crippen LogP contribution in [-0.2, 0) is 0 Å². The molecule has 0 aromatic heterocycles. The van der Waals surface area contributed by atoms with E-state index in [0.717, 1.165) is 28.0 Å². The van der Waals surface area contributed by atoms with E-state index in [1.54, 1.807) is 0 Å². The topological polar surface area (TPSA) is 68.9 Å². The van der Waals surface area contributed by atoms with E-state index in [9.17, 15) is 0 Å². The lowest BCUT2D eigenvalue weighted by atomic mass is 10.1. The number of guanidine groups is 1. The highest BCUT2D eigenvalue weighted by atomic mass is 79.9. The van der Waals surface area contributed by atoms with Crippen molar-refractivity contribution in [1.29, 1.82) is 0 Å². The second kappa shape index (κ2) is 4.68. The summed E-state index contributed by atoms with van der Waals surface area (Å²) in [5, 5.41) is 3.13. The molecule has 0 fully saturated rings. The van der Waals surface area contributed by atoms with Gasteiger partial charge in [-0.05, 0) is 33.6 Å². The maximum Gasteiger partial charge on any atom is 0.189 e. The Morgan fingerprint density at radius 2 is 2.17 bits per heavy atom. The summed E-state index contributed by atoms with van der Waals surface area (Å²) in [5.74, 6) is 2.05. The van der Waals surface area contributed by atoms with Crippen LogP contribution in [0, 0.1) is 0 Å². The molecule has 5 nitrogen and oxygen atoms in total. The third-order valence-corrected chi connectivity index (χ3v) is 3.58. The first-order valence-electron chi connectivity index (χ1n) is 5.89. The van der Waals surface area contributed by atoms with Crippen LogP contribution in [-0.4, -0.2) is 25.7 Å². The van der Waals surface area contributed by atoms with Gasteiger partial charge in [0.25, 0.3) is 0 Å². The molecule has 3 rings (SSSR count).